The van der Waals surface area contributed by atoms with Crippen molar-refractivity contribution in [2.24, 2.45) is 0 Å². The topological polar surface area (TPSA) is 66.0 Å². The van der Waals surface area contributed by atoms with Gasteiger partial charge < -0.3 is 23.3 Å². The number of alkyl carbamates (subject to hydrolysis) is 1. The molecule has 0 aliphatic carbocycles. The van der Waals surface area contributed by atoms with Gasteiger partial charge in [0.1, 0.15) is 0 Å². The molecule has 27 heteroatoms. The molecule has 0 fully saturated rings. The van der Waals surface area contributed by atoms with Crippen molar-refractivity contribution < 1.29 is 111 Å². The van der Waals surface area contributed by atoms with E-state index in [1.165, 1.54) is 26.1 Å². The number of rotatable bonds is 19. The zero-order chi connectivity index (χ0) is 37.2. The Balaban J connectivity index is 6.43. The smallest absolute Gasteiger partial charge is 0.443 e. The van der Waals surface area contributed by atoms with E-state index in [1.54, 1.807) is 0 Å². The lowest BCUT2D eigenvalue weighted by molar-refractivity contribution is -0.465. The molecule has 46 heavy (non-hydrogen) atoms. The maximum absolute atomic E-state index is 14.0. The summed E-state index contributed by atoms with van der Waals surface area (Å²) in [6.07, 6.45) is -9.39. The van der Waals surface area contributed by atoms with Crippen molar-refractivity contribution in [1.29, 1.82) is 0 Å². The summed E-state index contributed by atoms with van der Waals surface area (Å²) in [7, 11) is -3.94. The molecule has 0 saturated heterocycles. The molecule has 0 aliphatic heterocycles. The Morgan fingerprint density at radius 3 is 1.17 bits per heavy atom. The second-order valence-corrected chi connectivity index (χ2v) is 11.1. The molecule has 1 N–H and O–H groups in total. The third-order valence-corrected chi connectivity index (χ3v) is 8.24. The first-order valence-electron chi connectivity index (χ1n) is 11.7. The van der Waals surface area contributed by atoms with Gasteiger partial charge in [0, 0.05) is 19.8 Å². The highest BCUT2D eigenvalue weighted by molar-refractivity contribution is 6.61. The minimum absolute atomic E-state index is 0.196. The van der Waals surface area contributed by atoms with E-state index in [-0.39, 0.29) is 19.8 Å². The molecule has 0 unspecified atom stereocenters. The fourth-order valence-corrected chi connectivity index (χ4v) is 5.21. The monoisotopic (exact) mass is 751 g/mol. The highest BCUT2D eigenvalue weighted by Gasteiger charge is 2.96. The summed E-state index contributed by atoms with van der Waals surface area (Å²) in [4.78, 5) is 11.7. The van der Waals surface area contributed by atoms with E-state index in [0.29, 0.717) is 0 Å². The molecule has 0 saturated carbocycles. The number of carbonyl (C=O) groups is 1. The molecule has 0 spiro atoms. The Labute approximate surface area is 245 Å². The van der Waals surface area contributed by atoms with Gasteiger partial charge in [-0.3, -0.25) is 0 Å². The van der Waals surface area contributed by atoms with Crippen LogP contribution in [0.25, 0.3) is 0 Å². The molecule has 0 radical (unpaired) electrons. The summed E-state index contributed by atoms with van der Waals surface area (Å²) in [5.41, 5.74) is 0. The highest BCUT2D eigenvalue weighted by Crippen LogP contribution is 2.65. The number of alkyl halides is 20. The van der Waals surface area contributed by atoms with Gasteiger partial charge in [0.15, 0.2) is 6.61 Å². The minimum Gasteiger partial charge on any atom is -0.443 e. The Hall–Kier alpha value is -2.03. The summed E-state index contributed by atoms with van der Waals surface area (Å²) in [5, 5.41) is 1.49. The molecule has 1 amide bonds. The van der Waals surface area contributed by atoms with E-state index in [0.717, 1.165) is 0 Å². The largest absolute Gasteiger partial charge is 0.521 e. The van der Waals surface area contributed by atoms with Crippen molar-refractivity contribution in [3.05, 3.63) is 0 Å². The maximum Gasteiger partial charge on any atom is 0.521 e. The van der Waals surface area contributed by atoms with E-state index in [9.17, 15) is 92.6 Å². The van der Waals surface area contributed by atoms with Gasteiger partial charge in [-0.15, -0.1) is 0 Å². The van der Waals surface area contributed by atoms with Gasteiger partial charge in [0.05, 0.1) is 6.17 Å². The van der Waals surface area contributed by atoms with Gasteiger partial charge in [-0.05, 0) is 20.8 Å². The molecular weight excluding hydrogens is 730 g/mol. The standard InChI is InChI=1S/C19H21F20NO5Si/c1-4-43-46(44-5-2,45-6-3)8-40-10(41)42-7-11(22,23)13(26,27)15(30,31)17(34,35)19(38,39)18(36,37)16(32,33)14(28,29)12(24,25)9(20)21/h9H,4-8H2,1-3H3,(H,40,41). The summed E-state index contributed by atoms with van der Waals surface area (Å²) < 4.78 is 289. The average molecular weight is 751 g/mol. The number of hydrogen-bond acceptors (Lipinski definition) is 5. The van der Waals surface area contributed by atoms with Crippen LogP contribution in [0.2, 0.25) is 0 Å². The molecule has 6 nitrogen and oxygen atoms in total. The first-order chi connectivity index (χ1) is 20.2. The van der Waals surface area contributed by atoms with Crippen LogP contribution in [0.5, 0.6) is 0 Å². The third-order valence-electron chi connectivity index (χ3n) is 5.44. The molecule has 0 bridgehead atoms. The highest BCUT2D eigenvalue weighted by atomic mass is 28.4. The average Bonchev–Trinajstić information content (AvgIpc) is 2.90. The minimum atomic E-state index is -9.13. The summed E-state index contributed by atoms with van der Waals surface area (Å²) in [5.74, 6) is -76.4. The van der Waals surface area contributed by atoms with Crippen molar-refractivity contribution in [2.75, 3.05) is 32.6 Å². The van der Waals surface area contributed by atoms with Crippen LogP contribution < -0.4 is 5.32 Å². The lowest BCUT2D eigenvalue weighted by Crippen LogP contribution is -2.76. The number of carbonyl (C=O) groups excluding carboxylic acids is 1. The van der Waals surface area contributed by atoms with E-state index in [1.807, 2.05) is 0 Å². The molecule has 276 valence electrons. The molecule has 0 aromatic carbocycles. The molecule has 0 aromatic heterocycles. The van der Waals surface area contributed by atoms with Crippen LogP contribution in [0, 0.1) is 0 Å². The number of ether oxygens (including phenoxy) is 1. The summed E-state index contributed by atoms with van der Waals surface area (Å²) in [6.45, 7) is -0.0412. The summed E-state index contributed by atoms with van der Waals surface area (Å²) >= 11 is 0. The zero-order valence-corrected chi connectivity index (χ0v) is 23.7. The van der Waals surface area contributed by atoms with Gasteiger partial charge in [-0.1, -0.05) is 0 Å². The predicted octanol–water partition coefficient (Wildman–Crippen LogP) is 7.28. The van der Waals surface area contributed by atoms with Crippen molar-refractivity contribution >= 4 is 14.9 Å². The molecular formula is C19H21F20NO5Si. The second-order valence-electron chi connectivity index (χ2n) is 8.56. The predicted molar refractivity (Wildman–Crippen MR) is 111 cm³/mol. The maximum atomic E-state index is 14.0. The number of hydrogen-bond donors (Lipinski definition) is 1. The Bertz CT molecular complexity index is 1010. The second kappa shape index (κ2) is 13.8. The van der Waals surface area contributed by atoms with Crippen LogP contribution in [0.4, 0.5) is 92.6 Å². The van der Waals surface area contributed by atoms with Crippen molar-refractivity contribution in [1.82, 2.24) is 5.32 Å². The van der Waals surface area contributed by atoms with Crippen molar-refractivity contribution in [3.8, 4) is 0 Å². The Morgan fingerprint density at radius 1 is 0.565 bits per heavy atom. The van der Waals surface area contributed by atoms with Crippen molar-refractivity contribution in [3.63, 3.8) is 0 Å². The molecule has 0 rings (SSSR count). The van der Waals surface area contributed by atoms with Crippen LogP contribution in [-0.4, -0.2) is 107 Å². The van der Waals surface area contributed by atoms with Gasteiger partial charge in [0.25, 0.3) is 0 Å². The lowest BCUT2D eigenvalue weighted by atomic mass is 9.86. The lowest BCUT2D eigenvalue weighted by Gasteiger charge is -2.44. The van der Waals surface area contributed by atoms with Crippen LogP contribution in [-0.2, 0) is 18.0 Å². The van der Waals surface area contributed by atoms with Gasteiger partial charge >= 0.3 is 74.6 Å². The van der Waals surface area contributed by atoms with E-state index in [2.05, 4.69) is 4.74 Å². The first kappa shape index (κ1) is 44.0. The Morgan fingerprint density at radius 2 is 0.870 bits per heavy atom. The van der Waals surface area contributed by atoms with Crippen LogP contribution in [0.1, 0.15) is 20.8 Å². The van der Waals surface area contributed by atoms with E-state index in [4.69, 9.17) is 13.3 Å². The first-order valence-corrected chi connectivity index (χ1v) is 13.7. The molecule has 0 aromatic rings. The van der Waals surface area contributed by atoms with Crippen LogP contribution in [0.15, 0.2) is 0 Å². The Kier molecular flexibility index (Phi) is 13.2. The number of amides is 1. The van der Waals surface area contributed by atoms with E-state index < -0.39 is 87.4 Å². The number of nitrogens with one attached hydrogen (secondary N) is 1. The fourth-order valence-electron chi connectivity index (χ4n) is 2.98. The molecule has 0 heterocycles. The normalized spacial score (nSPS) is 15.4. The quantitative estimate of drug-likeness (QED) is 0.111. The van der Waals surface area contributed by atoms with Gasteiger partial charge in [-0.25, -0.2) is 13.6 Å². The zero-order valence-electron chi connectivity index (χ0n) is 22.7. The SMILES string of the molecule is CCO[Si](CNC(=O)OCC(F)(F)C(F)(F)C(F)(F)C(F)(F)C(F)(F)C(F)(F)C(F)(F)C(F)(F)C(F)(F)C(F)F)(OCC)OCC. The fraction of sp³-hybridized carbons (Fsp3) is 0.947. The molecule has 0 aliphatic rings. The summed E-state index contributed by atoms with van der Waals surface area (Å²) in [6, 6.07) is 0. The van der Waals surface area contributed by atoms with Gasteiger partial charge in [-0.2, -0.15) is 79.0 Å². The van der Waals surface area contributed by atoms with Crippen LogP contribution in [0.3, 0.4) is 0 Å². The van der Waals surface area contributed by atoms with Crippen molar-refractivity contribution in [2.45, 2.75) is 80.5 Å². The molecule has 0 atom stereocenters. The number of halogens is 20. The van der Waals surface area contributed by atoms with Crippen LogP contribution >= 0.6 is 0 Å². The van der Waals surface area contributed by atoms with E-state index >= 15 is 0 Å². The third kappa shape index (κ3) is 7.05. The van der Waals surface area contributed by atoms with Gasteiger partial charge in [0.2, 0.25) is 0 Å².